The predicted molar refractivity (Wildman–Crippen MR) is 56.9 cm³/mol. The fourth-order valence-electron chi connectivity index (χ4n) is 1.63. The van der Waals surface area contributed by atoms with Gasteiger partial charge in [-0.25, -0.2) is 0 Å². The van der Waals surface area contributed by atoms with Crippen LogP contribution in [-0.4, -0.2) is 55.1 Å². The molecule has 1 amide bonds. The van der Waals surface area contributed by atoms with Crippen molar-refractivity contribution in [3.05, 3.63) is 0 Å². The van der Waals surface area contributed by atoms with Gasteiger partial charge in [0.2, 0.25) is 5.91 Å². The lowest BCUT2D eigenvalue weighted by atomic mass is 9.97. The minimum atomic E-state index is -4.34. The molecular formula is C10H17F3N2O3. The minimum absolute atomic E-state index is 0.0271. The van der Waals surface area contributed by atoms with Gasteiger partial charge in [-0.3, -0.25) is 4.79 Å². The summed E-state index contributed by atoms with van der Waals surface area (Å²) in [5.41, 5.74) is -1.14. The molecule has 1 rings (SSSR count). The van der Waals surface area contributed by atoms with E-state index in [1.165, 1.54) is 0 Å². The second-order valence-corrected chi connectivity index (χ2v) is 4.36. The standard InChI is InChI=1S/C10H17F3N2O3/c1-7-9(17,2-3-18-7)5-15-8(16)4-14-6-10(11,12)13/h7,14,17H,2-6H2,1H3,(H,15,16). The number of rotatable bonds is 5. The molecule has 2 atom stereocenters. The van der Waals surface area contributed by atoms with Gasteiger partial charge in [0.1, 0.15) is 5.60 Å². The molecule has 106 valence electrons. The van der Waals surface area contributed by atoms with Crippen LogP contribution in [0.3, 0.4) is 0 Å². The summed E-state index contributed by atoms with van der Waals surface area (Å²) in [6.07, 6.45) is -4.35. The molecule has 1 aliphatic rings. The summed E-state index contributed by atoms with van der Waals surface area (Å²) in [6, 6.07) is 0. The first-order valence-corrected chi connectivity index (χ1v) is 5.61. The molecular weight excluding hydrogens is 253 g/mol. The van der Waals surface area contributed by atoms with Crippen LogP contribution >= 0.6 is 0 Å². The first-order chi connectivity index (χ1) is 8.23. The van der Waals surface area contributed by atoms with Crippen molar-refractivity contribution in [3.8, 4) is 0 Å². The average molecular weight is 270 g/mol. The summed E-state index contributed by atoms with van der Waals surface area (Å²) in [6.45, 7) is 0.399. The van der Waals surface area contributed by atoms with Crippen molar-refractivity contribution in [1.82, 2.24) is 10.6 Å². The van der Waals surface area contributed by atoms with Crippen LogP contribution < -0.4 is 10.6 Å². The van der Waals surface area contributed by atoms with E-state index in [4.69, 9.17) is 4.74 Å². The van der Waals surface area contributed by atoms with E-state index in [9.17, 15) is 23.1 Å². The number of carbonyl (C=O) groups is 1. The Balaban J connectivity index is 2.21. The van der Waals surface area contributed by atoms with Gasteiger partial charge in [-0.05, 0) is 6.92 Å². The second-order valence-electron chi connectivity index (χ2n) is 4.36. The summed E-state index contributed by atoms with van der Waals surface area (Å²) in [7, 11) is 0. The Morgan fingerprint density at radius 3 is 2.72 bits per heavy atom. The molecule has 1 heterocycles. The van der Waals surface area contributed by atoms with Crippen LogP contribution in [-0.2, 0) is 9.53 Å². The summed E-state index contributed by atoms with van der Waals surface area (Å²) in [5.74, 6) is -0.591. The van der Waals surface area contributed by atoms with Crippen molar-refractivity contribution in [2.45, 2.75) is 31.2 Å². The van der Waals surface area contributed by atoms with Crippen LogP contribution in [0.2, 0.25) is 0 Å². The van der Waals surface area contributed by atoms with Gasteiger partial charge in [-0.1, -0.05) is 0 Å². The maximum atomic E-state index is 11.8. The van der Waals surface area contributed by atoms with Gasteiger partial charge >= 0.3 is 6.18 Å². The third kappa shape index (κ3) is 4.79. The average Bonchev–Trinajstić information content (AvgIpc) is 2.55. The zero-order valence-electron chi connectivity index (χ0n) is 10.0. The van der Waals surface area contributed by atoms with Gasteiger partial charge in [0.15, 0.2) is 0 Å². The van der Waals surface area contributed by atoms with Gasteiger partial charge < -0.3 is 20.5 Å². The third-order valence-corrected chi connectivity index (χ3v) is 2.86. The Labute approximate surface area is 103 Å². The van der Waals surface area contributed by atoms with Crippen LogP contribution in [0, 0.1) is 0 Å². The summed E-state index contributed by atoms with van der Waals surface area (Å²) in [5, 5.41) is 14.4. The Bertz CT molecular complexity index is 299. The molecule has 0 saturated carbocycles. The molecule has 0 aliphatic carbocycles. The molecule has 1 saturated heterocycles. The fraction of sp³-hybridized carbons (Fsp3) is 0.900. The highest BCUT2D eigenvalue weighted by Gasteiger charge is 2.39. The highest BCUT2D eigenvalue weighted by molar-refractivity contribution is 5.78. The Hall–Kier alpha value is -0.860. The normalized spacial score (nSPS) is 28.4. The number of carbonyl (C=O) groups excluding carboxylic acids is 1. The molecule has 3 N–H and O–H groups in total. The first kappa shape index (κ1) is 15.2. The molecule has 0 aromatic rings. The molecule has 18 heavy (non-hydrogen) atoms. The van der Waals surface area contributed by atoms with Crippen LogP contribution in [0.4, 0.5) is 13.2 Å². The first-order valence-electron chi connectivity index (χ1n) is 5.61. The van der Waals surface area contributed by atoms with Crippen molar-refractivity contribution in [2.75, 3.05) is 26.2 Å². The predicted octanol–water partition coefficient (Wildman–Crippen LogP) is -0.206. The van der Waals surface area contributed by atoms with E-state index < -0.39 is 36.9 Å². The molecule has 2 unspecified atom stereocenters. The molecule has 0 spiro atoms. The maximum absolute atomic E-state index is 11.8. The quantitative estimate of drug-likeness (QED) is 0.647. The minimum Gasteiger partial charge on any atom is -0.385 e. The van der Waals surface area contributed by atoms with E-state index >= 15 is 0 Å². The molecule has 0 aromatic heterocycles. The number of nitrogens with one attached hydrogen (secondary N) is 2. The molecule has 5 nitrogen and oxygen atoms in total. The number of hydrogen-bond acceptors (Lipinski definition) is 4. The highest BCUT2D eigenvalue weighted by Crippen LogP contribution is 2.24. The van der Waals surface area contributed by atoms with E-state index in [-0.39, 0.29) is 6.54 Å². The van der Waals surface area contributed by atoms with E-state index in [1.807, 2.05) is 5.32 Å². The highest BCUT2D eigenvalue weighted by atomic mass is 19.4. The van der Waals surface area contributed by atoms with E-state index in [0.29, 0.717) is 13.0 Å². The number of ether oxygens (including phenoxy) is 1. The van der Waals surface area contributed by atoms with E-state index in [1.54, 1.807) is 6.92 Å². The summed E-state index contributed by atoms with van der Waals surface area (Å²) < 4.78 is 40.6. The Morgan fingerprint density at radius 1 is 1.56 bits per heavy atom. The van der Waals surface area contributed by atoms with Gasteiger partial charge in [-0.15, -0.1) is 0 Å². The van der Waals surface area contributed by atoms with Crippen LogP contribution in [0.25, 0.3) is 0 Å². The number of hydrogen-bond donors (Lipinski definition) is 3. The molecule has 1 aliphatic heterocycles. The topological polar surface area (TPSA) is 70.6 Å². The van der Waals surface area contributed by atoms with Crippen LogP contribution in [0.15, 0.2) is 0 Å². The SMILES string of the molecule is CC1OCCC1(O)CNC(=O)CNCC(F)(F)F. The van der Waals surface area contributed by atoms with Gasteiger partial charge in [0.05, 0.1) is 19.2 Å². The maximum Gasteiger partial charge on any atom is 0.401 e. The smallest absolute Gasteiger partial charge is 0.385 e. The molecule has 0 radical (unpaired) electrons. The van der Waals surface area contributed by atoms with Crippen molar-refractivity contribution in [2.24, 2.45) is 0 Å². The van der Waals surface area contributed by atoms with Crippen molar-refractivity contribution in [1.29, 1.82) is 0 Å². The van der Waals surface area contributed by atoms with Crippen molar-refractivity contribution >= 4 is 5.91 Å². The lowest BCUT2D eigenvalue weighted by Gasteiger charge is -2.26. The molecule has 0 aromatic carbocycles. The molecule has 0 bridgehead atoms. The third-order valence-electron chi connectivity index (χ3n) is 2.86. The van der Waals surface area contributed by atoms with Crippen molar-refractivity contribution in [3.63, 3.8) is 0 Å². The van der Waals surface area contributed by atoms with Gasteiger partial charge in [-0.2, -0.15) is 13.2 Å². The Morgan fingerprint density at radius 2 is 2.22 bits per heavy atom. The lowest BCUT2D eigenvalue weighted by molar-refractivity contribution is -0.129. The monoisotopic (exact) mass is 270 g/mol. The number of aliphatic hydroxyl groups is 1. The summed E-state index contributed by atoms with van der Waals surface area (Å²) >= 11 is 0. The Kier molecular flexibility index (Phi) is 4.94. The zero-order valence-corrected chi connectivity index (χ0v) is 10.0. The van der Waals surface area contributed by atoms with Crippen molar-refractivity contribution < 1.29 is 27.8 Å². The fourth-order valence-corrected chi connectivity index (χ4v) is 1.63. The van der Waals surface area contributed by atoms with Crippen LogP contribution in [0.1, 0.15) is 13.3 Å². The molecule has 8 heteroatoms. The lowest BCUT2D eigenvalue weighted by Crippen LogP contribution is -2.49. The van der Waals surface area contributed by atoms with Gasteiger partial charge in [0.25, 0.3) is 0 Å². The number of amides is 1. The number of alkyl halides is 3. The largest absolute Gasteiger partial charge is 0.401 e. The van der Waals surface area contributed by atoms with E-state index in [2.05, 4.69) is 5.32 Å². The number of halogens is 3. The second kappa shape index (κ2) is 5.85. The van der Waals surface area contributed by atoms with E-state index in [0.717, 1.165) is 0 Å². The molecule has 1 fully saturated rings. The van der Waals surface area contributed by atoms with Gasteiger partial charge in [0, 0.05) is 19.6 Å². The zero-order chi connectivity index (χ0) is 13.8. The summed E-state index contributed by atoms with van der Waals surface area (Å²) in [4.78, 5) is 11.2. The van der Waals surface area contributed by atoms with Crippen LogP contribution in [0.5, 0.6) is 0 Å².